The number of amides is 1. The van der Waals surface area contributed by atoms with Gasteiger partial charge in [0.1, 0.15) is 5.82 Å². The lowest BCUT2D eigenvalue weighted by molar-refractivity contribution is -0.231. The SMILES string of the molecule is CC1(C(=O)NCCO)COC(c2nc(-c3ccc(F)cc3)c(-c3ccnc(NCCN)n3)[nH]2)OC1. The second-order valence-electron chi connectivity index (χ2n) is 8.33. The summed E-state index contributed by atoms with van der Waals surface area (Å²) in [6, 6.07) is 7.68. The van der Waals surface area contributed by atoms with E-state index in [0.29, 0.717) is 47.5 Å². The zero-order chi connectivity index (χ0) is 24.8. The van der Waals surface area contributed by atoms with Gasteiger partial charge in [0.05, 0.1) is 42.3 Å². The van der Waals surface area contributed by atoms with Gasteiger partial charge in [-0.2, -0.15) is 0 Å². The number of hydrogen-bond donors (Lipinski definition) is 5. The lowest BCUT2D eigenvalue weighted by Crippen LogP contribution is -2.49. The molecule has 35 heavy (non-hydrogen) atoms. The van der Waals surface area contributed by atoms with Gasteiger partial charge in [-0.05, 0) is 37.3 Å². The molecule has 0 saturated carbocycles. The number of H-pyrrole nitrogens is 1. The molecule has 1 fully saturated rings. The van der Waals surface area contributed by atoms with E-state index in [2.05, 4.69) is 30.6 Å². The molecule has 3 aromatic rings. The fourth-order valence-electron chi connectivity index (χ4n) is 3.55. The van der Waals surface area contributed by atoms with Crippen molar-refractivity contribution < 1.29 is 23.8 Å². The molecule has 6 N–H and O–H groups in total. The summed E-state index contributed by atoms with van der Waals surface area (Å²) in [5.74, 6) is 0.158. The lowest BCUT2D eigenvalue weighted by Gasteiger charge is -2.35. The van der Waals surface area contributed by atoms with Crippen LogP contribution in [0.3, 0.4) is 0 Å². The zero-order valence-corrected chi connectivity index (χ0v) is 19.3. The summed E-state index contributed by atoms with van der Waals surface area (Å²) in [6.45, 7) is 2.85. The predicted octanol–water partition coefficient (Wildman–Crippen LogP) is 1.20. The first-order valence-electron chi connectivity index (χ1n) is 11.2. The van der Waals surface area contributed by atoms with Crippen LogP contribution in [0.2, 0.25) is 0 Å². The molecule has 1 aliphatic rings. The third-order valence-corrected chi connectivity index (χ3v) is 5.45. The van der Waals surface area contributed by atoms with Crippen LogP contribution in [-0.4, -0.2) is 70.4 Å². The molecule has 11 nitrogen and oxygen atoms in total. The summed E-state index contributed by atoms with van der Waals surface area (Å²) < 4.78 is 25.3. The molecule has 4 rings (SSSR count). The summed E-state index contributed by atoms with van der Waals surface area (Å²) >= 11 is 0. The van der Waals surface area contributed by atoms with Crippen molar-refractivity contribution in [1.29, 1.82) is 0 Å². The van der Waals surface area contributed by atoms with Crippen LogP contribution in [0.5, 0.6) is 0 Å². The standard InChI is InChI=1S/C23H28FN7O4/c1-23(21(33)26-10-11-32)12-34-20(35-13-23)19-30-17(14-2-4-15(24)5-3-14)18(31-19)16-6-8-27-22(29-16)28-9-7-25/h2-6,8,20,32H,7,9-13,25H2,1H3,(H,26,33)(H,30,31)(H,27,28,29). The monoisotopic (exact) mass is 485 g/mol. The van der Waals surface area contributed by atoms with E-state index < -0.39 is 11.7 Å². The van der Waals surface area contributed by atoms with Crippen LogP contribution in [0.15, 0.2) is 36.5 Å². The van der Waals surface area contributed by atoms with Crippen LogP contribution < -0.4 is 16.4 Å². The fourth-order valence-corrected chi connectivity index (χ4v) is 3.55. The molecule has 2 aromatic heterocycles. The largest absolute Gasteiger partial charge is 0.395 e. The first-order chi connectivity index (χ1) is 16.9. The third-order valence-electron chi connectivity index (χ3n) is 5.45. The molecule has 12 heteroatoms. The van der Waals surface area contributed by atoms with Gasteiger partial charge in [-0.3, -0.25) is 4.79 Å². The number of nitrogens with zero attached hydrogens (tertiary/aromatic N) is 3. The molecule has 1 amide bonds. The molecule has 3 heterocycles. The van der Waals surface area contributed by atoms with Crippen molar-refractivity contribution in [3.05, 3.63) is 48.2 Å². The van der Waals surface area contributed by atoms with Crippen molar-refractivity contribution in [2.75, 3.05) is 44.8 Å². The van der Waals surface area contributed by atoms with Gasteiger partial charge < -0.3 is 35.9 Å². The van der Waals surface area contributed by atoms with Gasteiger partial charge in [0, 0.05) is 31.4 Å². The average Bonchev–Trinajstić information content (AvgIpc) is 3.32. The maximum Gasteiger partial charge on any atom is 0.230 e. The van der Waals surface area contributed by atoms with E-state index in [1.165, 1.54) is 12.1 Å². The molecule has 0 spiro atoms. The number of aliphatic hydroxyl groups excluding tert-OH is 1. The minimum atomic E-state index is -0.906. The van der Waals surface area contributed by atoms with E-state index >= 15 is 0 Å². The summed E-state index contributed by atoms with van der Waals surface area (Å²) in [4.78, 5) is 29.1. The van der Waals surface area contributed by atoms with Crippen LogP contribution in [-0.2, 0) is 14.3 Å². The normalized spacial score (nSPS) is 19.9. The Hall–Kier alpha value is -3.45. The Morgan fingerprint density at radius 2 is 1.97 bits per heavy atom. The van der Waals surface area contributed by atoms with Gasteiger partial charge in [0.2, 0.25) is 18.1 Å². The van der Waals surface area contributed by atoms with Crippen molar-refractivity contribution in [2.45, 2.75) is 13.2 Å². The molecule has 1 aliphatic heterocycles. The lowest BCUT2D eigenvalue weighted by atomic mass is 9.91. The van der Waals surface area contributed by atoms with Crippen LogP contribution in [0.1, 0.15) is 19.0 Å². The summed E-state index contributed by atoms with van der Waals surface area (Å²) in [5.41, 5.74) is 6.98. The minimum Gasteiger partial charge on any atom is -0.395 e. The van der Waals surface area contributed by atoms with Gasteiger partial charge in [-0.25, -0.2) is 19.3 Å². The molecular weight excluding hydrogens is 457 g/mol. The molecule has 1 saturated heterocycles. The van der Waals surface area contributed by atoms with Gasteiger partial charge in [-0.15, -0.1) is 0 Å². The van der Waals surface area contributed by atoms with Crippen LogP contribution in [0.25, 0.3) is 22.6 Å². The predicted molar refractivity (Wildman–Crippen MR) is 125 cm³/mol. The quantitative estimate of drug-likeness (QED) is 0.300. The number of imidazole rings is 1. The van der Waals surface area contributed by atoms with Crippen LogP contribution in [0.4, 0.5) is 10.3 Å². The molecule has 186 valence electrons. The average molecular weight is 486 g/mol. The first kappa shape index (κ1) is 24.7. The van der Waals surface area contributed by atoms with Crippen molar-refractivity contribution in [3.8, 4) is 22.6 Å². The minimum absolute atomic E-state index is 0.0947. The second-order valence-corrected chi connectivity index (χ2v) is 8.33. The highest BCUT2D eigenvalue weighted by Crippen LogP contribution is 2.35. The number of rotatable bonds is 9. The number of halogens is 1. The number of anilines is 1. The highest BCUT2D eigenvalue weighted by molar-refractivity contribution is 5.82. The molecule has 0 aliphatic carbocycles. The van der Waals surface area contributed by atoms with Gasteiger partial charge >= 0.3 is 0 Å². The van der Waals surface area contributed by atoms with Gasteiger partial charge in [0.15, 0.2) is 5.82 Å². The Balaban J connectivity index is 1.62. The van der Waals surface area contributed by atoms with E-state index in [1.54, 1.807) is 31.3 Å². The highest BCUT2D eigenvalue weighted by atomic mass is 19.1. The second kappa shape index (κ2) is 10.9. The summed E-state index contributed by atoms with van der Waals surface area (Å²) in [7, 11) is 0. The number of aliphatic hydroxyl groups is 1. The molecule has 0 atom stereocenters. The van der Waals surface area contributed by atoms with E-state index in [0.717, 1.165) is 0 Å². The summed E-state index contributed by atoms with van der Waals surface area (Å²) in [5, 5.41) is 14.6. The third kappa shape index (κ3) is 5.62. The topological polar surface area (TPSA) is 160 Å². The number of aromatic nitrogens is 4. The van der Waals surface area contributed by atoms with Crippen molar-refractivity contribution in [3.63, 3.8) is 0 Å². The Morgan fingerprint density at radius 3 is 2.66 bits per heavy atom. The Labute approximate surface area is 201 Å². The smallest absolute Gasteiger partial charge is 0.230 e. The van der Waals surface area contributed by atoms with E-state index in [1.807, 2.05) is 0 Å². The number of hydrogen-bond acceptors (Lipinski definition) is 9. The van der Waals surface area contributed by atoms with Gasteiger partial charge in [0.25, 0.3) is 0 Å². The number of nitrogens with two attached hydrogens (primary N) is 1. The highest BCUT2D eigenvalue weighted by Gasteiger charge is 2.40. The maximum atomic E-state index is 13.6. The van der Waals surface area contributed by atoms with Crippen LogP contribution in [0, 0.1) is 11.2 Å². The molecule has 0 bridgehead atoms. The number of benzene rings is 1. The molecular formula is C23H28FN7O4. The number of carbonyl (C=O) groups is 1. The Bertz CT molecular complexity index is 1150. The van der Waals surface area contributed by atoms with E-state index in [4.69, 9.17) is 20.3 Å². The Kier molecular flexibility index (Phi) is 7.66. The van der Waals surface area contributed by atoms with E-state index in [9.17, 15) is 9.18 Å². The number of nitrogens with one attached hydrogen (secondary N) is 3. The number of aromatic amines is 1. The van der Waals surface area contributed by atoms with Crippen molar-refractivity contribution in [1.82, 2.24) is 25.3 Å². The van der Waals surface area contributed by atoms with Crippen molar-refractivity contribution in [2.24, 2.45) is 11.1 Å². The molecule has 0 unspecified atom stereocenters. The maximum absolute atomic E-state index is 13.6. The van der Waals surface area contributed by atoms with Gasteiger partial charge in [-0.1, -0.05) is 0 Å². The number of ether oxygens (including phenoxy) is 2. The Morgan fingerprint density at radius 1 is 1.23 bits per heavy atom. The molecule has 1 aromatic carbocycles. The first-order valence-corrected chi connectivity index (χ1v) is 11.2. The van der Waals surface area contributed by atoms with E-state index in [-0.39, 0.29) is 38.1 Å². The molecule has 0 radical (unpaired) electrons. The zero-order valence-electron chi connectivity index (χ0n) is 19.3. The number of carbonyl (C=O) groups excluding carboxylic acids is 1. The summed E-state index contributed by atoms with van der Waals surface area (Å²) in [6.07, 6.45) is 0.763. The fraction of sp³-hybridized carbons (Fsp3) is 0.391. The van der Waals surface area contributed by atoms with Crippen LogP contribution >= 0.6 is 0 Å². The van der Waals surface area contributed by atoms with Crippen molar-refractivity contribution >= 4 is 11.9 Å².